The van der Waals surface area contributed by atoms with Crippen molar-refractivity contribution in [2.45, 2.75) is 58.2 Å². The first-order chi connectivity index (χ1) is 9.72. The number of allylic oxidation sites excluding steroid dienone is 1. The molecule has 1 saturated heterocycles. The Morgan fingerprint density at radius 2 is 2.25 bits per heavy atom. The number of esters is 1. The highest BCUT2D eigenvalue weighted by molar-refractivity contribution is 5.81. The van der Waals surface area contributed by atoms with E-state index in [1.807, 2.05) is 6.08 Å². The van der Waals surface area contributed by atoms with Crippen LogP contribution in [0.2, 0.25) is 0 Å². The summed E-state index contributed by atoms with van der Waals surface area (Å²) in [5, 5.41) is 0. The van der Waals surface area contributed by atoms with Gasteiger partial charge in [0.1, 0.15) is 0 Å². The Morgan fingerprint density at radius 3 is 2.95 bits per heavy atom. The fourth-order valence-corrected chi connectivity index (χ4v) is 2.20. The minimum Gasteiger partial charge on any atom is -0.466 e. The van der Waals surface area contributed by atoms with Gasteiger partial charge in [-0.25, -0.2) is 4.79 Å². The van der Waals surface area contributed by atoms with E-state index < -0.39 is 0 Å². The minimum absolute atomic E-state index is 0.0224. The van der Waals surface area contributed by atoms with Crippen LogP contribution in [-0.4, -0.2) is 32.6 Å². The predicted octanol–water partition coefficient (Wildman–Crippen LogP) is 3.46. The van der Waals surface area contributed by atoms with E-state index in [1.165, 1.54) is 19.6 Å². The maximum atomic E-state index is 10.9. The van der Waals surface area contributed by atoms with Gasteiger partial charge in [0.25, 0.3) is 0 Å². The Labute approximate surface area is 122 Å². The summed E-state index contributed by atoms with van der Waals surface area (Å²) >= 11 is 0. The van der Waals surface area contributed by atoms with Crippen LogP contribution in [0.3, 0.4) is 0 Å². The third kappa shape index (κ3) is 8.33. The average Bonchev–Trinajstić information content (AvgIpc) is 2.49. The summed E-state index contributed by atoms with van der Waals surface area (Å²) < 4.78 is 15.8. The SMILES string of the molecule is COC(=O)/C=C\CCCC[C@@H](C)COC1CCCCO1. The Balaban J connectivity index is 1.95. The van der Waals surface area contributed by atoms with Crippen LogP contribution in [-0.2, 0) is 19.0 Å². The number of carbonyl (C=O) groups excluding carboxylic acids is 1. The average molecular weight is 284 g/mol. The van der Waals surface area contributed by atoms with Gasteiger partial charge in [-0.1, -0.05) is 19.4 Å². The van der Waals surface area contributed by atoms with Crippen LogP contribution < -0.4 is 0 Å². The lowest BCUT2D eigenvalue weighted by atomic mass is 10.0. The molecule has 0 aliphatic carbocycles. The molecule has 0 N–H and O–H groups in total. The molecule has 0 aromatic carbocycles. The molecule has 4 heteroatoms. The molecule has 0 aromatic rings. The van der Waals surface area contributed by atoms with E-state index in [0.717, 1.165) is 51.7 Å². The monoisotopic (exact) mass is 284 g/mol. The Hall–Kier alpha value is -0.870. The topological polar surface area (TPSA) is 44.8 Å². The number of methoxy groups -OCH3 is 1. The molecule has 1 heterocycles. The van der Waals surface area contributed by atoms with E-state index >= 15 is 0 Å². The van der Waals surface area contributed by atoms with E-state index in [-0.39, 0.29) is 12.3 Å². The van der Waals surface area contributed by atoms with Crippen molar-refractivity contribution in [1.82, 2.24) is 0 Å². The summed E-state index contributed by atoms with van der Waals surface area (Å²) in [5.74, 6) is 0.282. The molecule has 4 nitrogen and oxygen atoms in total. The number of carbonyl (C=O) groups is 1. The van der Waals surface area contributed by atoms with E-state index in [4.69, 9.17) is 9.47 Å². The maximum absolute atomic E-state index is 10.9. The van der Waals surface area contributed by atoms with Gasteiger partial charge in [0.05, 0.1) is 13.7 Å². The fraction of sp³-hybridized carbons (Fsp3) is 0.812. The number of unbranched alkanes of at least 4 members (excludes halogenated alkanes) is 2. The zero-order chi connectivity index (χ0) is 14.6. The molecular weight excluding hydrogens is 256 g/mol. The molecule has 116 valence electrons. The molecule has 20 heavy (non-hydrogen) atoms. The normalized spacial score (nSPS) is 21.0. The minimum atomic E-state index is -0.278. The van der Waals surface area contributed by atoms with Crippen LogP contribution in [0, 0.1) is 5.92 Å². The highest BCUT2D eigenvalue weighted by atomic mass is 16.7. The molecule has 1 aliphatic rings. The smallest absolute Gasteiger partial charge is 0.330 e. The summed E-state index contributed by atoms with van der Waals surface area (Å²) in [5.41, 5.74) is 0. The summed E-state index contributed by atoms with van der Waals surface area (Å²) in [6.45, 7) is 3.83. The lowest BCUT2D eigenvalue weighted by Gasteiger charge is -2.24. The lowest BCUT2D eigenvalue weighted by molar-refractivity contribution is -0.168. The third-order valence-corrected chi connectivity index (χ3v) is 3.48. The van der Waals surface area contributed by atoms with Crippen LogP contribution in [0.1, 0.15) is 51.9 Å². The molecule has 1 fully saturated rings. The fourth-order valence-electron chi connectivity index (χ4n) is 2.20. The van der Waals surface area contributed by atoms with E-state index in [1.54, 1.807) is 0 Å². The summed E-state index contributed by atoms with van der Waals surface area (Å²) in [4.78, 5) is 10.9. The van der Waals surface area contributed by atoms with Crippen molar-refractivity contribution in [3.05, 3.63) is 12.2 Å². The lowest BCUT2D eigenvalue weighted by Crippen LogP contribution is -2.24. The summed E-state index contributed by atoms with van der Waals surface area (Å²) in [6, 6.07) is 0. The van der Waals surface area contributed by atoms with E-state index in [2.05, 4.69) is 11.7 Å². The van der Waals surface area contributed by atoms with Gasteiger partial charge in [-0.05, 0) is 44.4 Å². The van der Waals surface area contributed by atoms with Crippen molar-refractivity contribution in [2.75, 3.05) is 20.3 Å². The zero-order valence-electron chi connectivity index (χ0n) is 12.8. The first-order valence-corrected chi connectivity index (χ1v) is 7.70. The number of hydrogen-bond acceptors (Lipinski definition) is 4. The molecule has 0 aromatic heterocycles. The second kappa shape index (κ2) is 10.9. The molecule has 1 aliphatic heterocycles. The standard InChI is InChI=1S/C16H28O4/c1-14(13-20-16-11-7-8-12-19-16)9-5-3-4-6-10-15(17)18-2/h6,10,14,16H,3-5,7-9,11-13H2,1-2H3/b10-6-/t14-,16?/m1/s1. The van der Waals surface area contributed by atoms with Gasteiger partial charge in [-0.2, -0.15) is 0 Å². The molecular formula is C16H28O4. The maximum Gasteiger partial charge on any atom is 0.330 e. The first-order valence-electron chi connectivity index (χ1n) is 7.70. The molecule has 1 unspecified atom stereocenters. The van der Waals surface area contributed by atoms with Gasteiger partial charge in [-0.3, -0.25) is 0 Å². The quantitative estimate of drug-likeness (QED) is 0.369. The van der Waals surface area contributed by atoms with Gasteiger partial charge >= 0.3 is 5.97 Å². The second-order valence-electron chi connectivity index (χ2n) is 5.44. The van der Waals surface area contributed by atoms with Gasteiger partial charge in [0.2, 0.25) is 0 Å². The Kier molecular flexibility index (Phi) is 9.33. The van der Waals surface area contributed by atoms with E-state index in [9.17, 15) is 4.79 Å². The van der Waals surface area contributed by atoms with Crippen molar-refractivity contribution in [1.29, 1.82) is 0 Å². The van der Waals surface area contributed by atoms with Crippen LogP contribution in [0.15, 0.2) is 12.2 Å². The van der Waals surface area contributed by atoms with Gasteiger partial charge in [-0.15, -0.1) is 0 Å². The van der Waals surface area contributed by atoms with Gasteiger partial charge in [0, 0.05) is 12.7 Å². The molecule has 0 spiro atoms. The largest absolute Gasteiger partial charge is 0.466 e. The summed E-state index contributed by atoms with van der Waals surface area (Å²) in [6.07, 6.45) is 11.1. The van der Waals surface area contributed by atoms with Crippen LogP contribution in [0.4, 0.5) is 0 Å². The highest BCUT2D eigenvalue weighted by Gasteiger charge is 2.15. The van der Waals surface area contributed by atoms with Gasteiger partial charge < -0.3 is 14.2 Å². The van der Waals surface area contributed by atoms with Crippen LogP contribution in [0.5, 0.6) is 0 Å². The number of rotatable bonds is 9. The van der Waals surface area contributed by atoms with Crippen molar-refractivity contribution in [2.24, 2.45) is 5.92 Å². The third-order valence-electron chi connectivity index (χ3n) is 3.48. The van der Waals surface area contributed by atoms with Crippen molar-refractivity contribution < 1.29 is 19.0 Å². The molecule has 0 amide bonds. The molecule has 0 bridgehead atoms. The number of ether oxygens (including phenoxy) is 3. The van der Waals surface area contributed by atoms with Crippen molar-refractivity contribution in [3.8, 4) is 0 Å². The molecule has 2 atom stereocenters. The van der Waals surface area contributed by atoms with Crippen molar-refractivity contribution >= 4 is 5.97 Å². The molecule has 0 radical (unpaired) electrons. The van der Waals surface area contributed by atoms with Crippen molar-refractivity contribution in [3.63, 3.8) is 0 Å². The highest BCUT2D eigenvalue weighted by Crippen LogP contribution is 2.16. The first kappa shape index (κ1) is 17.2. The van der Waals surface area contributed by atoms with Gasteiger partial charge in [0.15, 0.2) is 6.29 Å². The second-order valence-corrected chi connectivity index (χ2v) is 5.44. The number of hydrogen-bond donors (Lipinski definition) is 0. The predicted molar refractivity (Wildman–Crippen MR) is 78.3 cm³/mol. The Bertz CT molecular complexity index is 282. The van der Waals surface area contributed by atoms with Crippen LogP contribution in [0.25, 0.3) is 0 Å². The van der Waals surface area contributed by atoms with Crippen LogP contribution >= 0.6 is 0 Å². The molecule has 1 rings (SSSR count). The zero-order valence-corrected chi connectivity index (χ0v) is 12.8. The molecule has 0 saturated carbocycles. The Morgan fingerprint density at radius 1 is 1.40 bits per heavy atom. The van der Waals surface area contributed by atoms with E-state index in [0.29, 0.717) is 5.92 Å². The summed E-state index contributed by atoms with van der Waals surface area (Å²) in [7, 11) is 1.39.